The van der Waals surface area contributed by atoms with Gasteiger partial charge in [0.1, 0.15) is 11.5 Å². The first-order valence-electron chi connectivity index (χ1n) is 11.1. The number of nitrogens with zero attached hydrogens (tertiary/aromatic N) is 1. The van der Waals surface area contributed by atoms with Gasteiger partial charge in [0.15, 0.2) is 11.4 Å². The Hall–Kier alpha value is -1.18. The molecule has 0 unspecified atom stereocenters. The zero-order valence-electron chi connectivity index (χ0n) is 17.5. The molecule has 152 valence electrons. The van der Waals surface area contributed by atoms with Crippen molar-refractivity contribution in [3.63, 3.8) is 0 Å². The molecule has 1 aliphatic heterocycles. The van der Waals surface area contributed by atoms with Gasteiger partial charge in [-0.1, -0.05) is 19.9 Å². The zero-order chi connectivity index (χ0) is 20.2. The van der Waals surface area contributed by atoms with E-state index in [1.807, 2.05) is 13.0 Å². The van der Waals surface area contributed by atoms with E-state index in [-0.39, 0.29) is 22.2 Å². The highest BCUT2D eigenvalue weighted by atomic mass is 16.6. The van der Waals surface area contributed by atoms with Crippen LogP contribution in [-0.4, -0.2) is 27.7 Å². The summed E-state index contributed by atoms with van der Waals surface area (Å²) < 4.78 is 6.31. The number of ketones is 1. The summed E-state index contributed by atoms with van der Waals surface area (Å²) in [6.45, 7) is 10.4. The standard InChI is InChI=1S/C24H33NO3/c1-5-9-23(27)11-8-17-16-6-12-24-21(3,18(16)7-10-20(17,23)2)13-15(14-25)19(26)22(24,4)28-24/h5,15-18,27H,1,6-13H2,2-4H3/t15-,16-,17-,18-,20-,21+,22+,23-,24-/m0/s1. The van der Waals surface area contributed by atoms with E-state index in [1.165, 1.54) is 0 Å². The van der Waals surface area contributed by atoms with Crippen molar-refractivity contribution in [3.8, 4) is 6.07 Å². The van der Waals surface area contributed by atoms with Gasteiger partial charge in [0, 0.05) is 5.41 Å². The Morgan fingerprint density at radius 2 is 1.86 bits per heavy atom. The predicted molar refractivity (Wildman–Crippen MR) is 105 cm³/mol. The first-order valence-corrected chi connectivity index (χ1v) is 11.1. The molecular formula is C24H33NO3. The number of rotatable bonds is 2. The van der Waals surface area contributed by atoms with Crippen LogP contribution in [0.25, 0.3) is 0 Å². The molecule has 4 aliphatic carbocycles. The Bertz CT molecular complexity index is 802. The molecule has 1 N–H and O–H groups in total. The SMILES string of the molecule is C=CC[C@]1(O)CC[C@H]2[C@@H]3CC[C@@]45O[C@]4(C)C(=O)[C@H](C#N)C[C@]5(C)[C@H]3CC[C@@]21C. The number of carbonyl (C=O) groups is 1. The van der Waals surface area contributed by atoms with Crippen LogP contribution >= 0.6 is 0 Å². The maximum absolute atomic E-state index is 12.9. The average Bonchev–Trinajstić information content (AvgIpc) is 3.20. The van der Waals surface area contributed by atoms with Crippen LogP contribution in [0.2, 0.25) is 0 Å². The molecule has 0 bridgehead atoms. The molecule has 0 amide bonds. The highest BCUT2D eigenvalue weighted by Gasteiger charge is 2.84. The average molecular weight is 384 g/mol. The number of hydrogen-bond donors (Lipinski definition) is 1. The van der Waals surface area contributed by atoms with Crippen LogP contribution in [0.4, 0.5) is 0 Å². The van der Waals surface area contributed by atoms with E-state index in [9.17, 15) is 15.2 Å². The second-order valence-corrected chi connectivity index (χ2v) is 11.1. The molecule has 5 rings (SSSR count). The van der Waals surface area contributed by atoms with Crippen LogP contribution in [0, 0.1) is 45.8 Å². The lowest BCUT2D eigenvalue weighted by Crippen LogP contribution is -2.62. The Kier molecular flexibility index (Phi) is 3.56. The molecule has 0 radical (unpaired) electrons. The van der Waals surface area contributed by atoms with Crippen molar-refractivity contribution in [2.24, 2.45) is 34.5 Å². The molecule has 0 aromatic rings. The zero-order valence-corrected chi connectivity index (χ0v) is 17.5. The molecule has 28 heavy (non-hydrogen) atoms. The number of epoxide rings is 1. The minimum Gasteiger partial charge on any atom is -0.389 e. The van der Waals surface area contributed by atoms with E-state index in [0.717, 1.165) is 38.5 Å². The summed E-state index contributed by atoms with van der Waals surface area (Å²) >= 11 is 0. The molecule has 9 atom stereocenters. The van der Waals surface area contributed by atoms with Crippen molar-refractivity contribution in [3.05, 3.63) is 12.7 Å². The van der Waals surface area contributed by atoms with Gasteiger partial charge in [0.2, 0.25) is 0 Å². The first kappa shape index (κ1) is 18.8. The number of aliphatic hydroxyl groups is 1. The lowest BCUT2D eigenvalue weighted by Gasteiger charge is -2.61. The summed E-state index contributed by atoms with van der Waals surface area (Å²) in [4.78, 5) is 12.9. The number of ether oxygens (including phenoxy) is 1. The minimum absolute atomic E-state index is 0.00722. The van der Waals surface area contributed by atoms with Gasteiger partial charge in [-0.15, -0.1) is 6.58 Å². The highest BCUT2D eigenvalue weighted by Crippen LogP contribution is 2.76. The van der Waals surface area contributed by atoms with Gasteiger partial charge in [-0.05, 0) is 81.5 Å². The summed E-state index contributed by atoms with van der Waals surface area (Å²) in [6, 6.07) is 2.29. The van der Waals surface area contributed by atoms with Crippen LogP contribution in [-0.2, 0) is 9.53 Å². The van der Waals surface area contributed by atoms with E-state index in [1.54, 1.807) is 0 Å². The van der Waals surface area contributed by atoms with Gasteiger partial charge in [0.05, 0.1) is 11.7 Å². The first-order chi connectivity index (χ1) is 13.1. The fraction of sp³-hybridized carbons (Fsp3) is 0.833. The summed E-state index contributed by atoms with van der Waals surface area (Å²) in [5.74, 6) is 0.991. The Labute approximate surface area is 168 Å². The quantitative estimate of drug-likeness (QED) is 0.573. The minimum atomic E-state index is -0.759. The van der Waals surface area contributed by atoms with Crippen molar-refractivity contribution >= 4 is 5.78 Å². The fourth-order valence-electron chi connectivity index (χ4n) is 8.91. The van der Waals surface area contributed by atoms with Crippen molar-refractivity contribution in [1.29, 1.82) is 5.26 Å². The van der Waals surface area contributed by atoms with Crippen LogP contribution in [0.5, 0.6) is 0 Å². The van der Waals surface area contributed by atoms with E-state index in [0.29, 0.717) is 30.6 Å². The van der Waals surface area contributed by atoms with Gasteiger partial charge in [-0.2, -0.15) is 5.26 Å². The van der Waals surface area contributed by atoms with E-state index in [4.69, 9.17) is 4.74 Å². The van der Waals surface area contributed by atoms with Crippen LogP contribution < -0.4 is 0 Å². The van der Waals surface area contributed by atoms with Crippen LogP contribution in [0.1, 0.15) is 72.1 Å². The maximum atomic E-state index is 12.9. The van der Waals surface area contributed by atoms with Crippen LogP contribution in [0.15, 0.2) is 12.7 Å². The fourth-order valence-corrected chi connectivity index (χ4v) is 8.91. The highest BCUT2D eigenvalue weighted by molar-refractivity contribution is 5.96. The number of nitriles is 1. The molecule has 5 fully saturated rings. The smallest absolute Gasteiger partial charge is 0.184 e. The predicted octanol–water partition coefficient (Wildman–Crippen LogP) is 4.18. The third kappa shape index (κ3) is 1.79. The third-order valence-electron chi connectivity index (χ3n) is 10.5. The van der Waals surface area contributed by atoms with Gasteiger partial charge >= 0.3 is 0 Å². The molecule has 5 aliphatic rings. The Morgan fingerprint density at radius 1 is 1.18 bits per heavy atom. The molecule has 0 aromatic heterocycles. The lowest BCUT2D eigenvalue weighted by molar-refractivity contribution is -0.156. The second kappa shape index (κ2) is 5.29. The van der Waals surface area contributed by atoms with E-state index < -0.39 is 17.1 Å². The van der Waals surface area contributed by atoms with E-state index >= 15 is 0 Å². The monoisotopic (exact) mass is 383 g/mol. The van der Waals surface area contributed by atoms with Gasteiger partial charge in [-0.25, -0.2) is 0 Å². The van der Waals surface area contributed by atoms with Gasteiger partial charge < -0.3 is 9.84 Å². The molecule has 0 aromatic carbocycles. The molecule has 4 heteroatoms. The van der Waals surface area contributed by atoms with Crippen molar-refractivity contribution in [2.45, 2.75) is 88.9 Å². The van der Waals surface area contributed by atoms with Crippen molar-refractivity contribution < 1.29 is 14.6 Å². The molecule has 4 saturated carbocycles. The molecule has 4 nitrogen and oxygen atoms in total. The van der Waals surface area contributed by atoms with Crippen molar-refractivity contribution in [2.75, 3.05) is 0 Å². The Balaban J connectivity index is 1.52. The lowest BCUT2D eigenvalue weighted by atomic mass is 9.42. The third-order valence-corrected chi connectivity index (χ3v) is 10.5. The second-order valence-electron chi connectivity index (χ2n) is 11.1. The number of fused-ring (bicyclic) bond motifs is 4. The van der Waals surface area contributed by atoms with Crippen LogP contribution in [0.3, 0.4) is 0 Å². The number of carbonyl (C=O) groups excluding carboxylic acids is 1. The summed E-state index contributed by atoms with van der Waals surface area (Å²) in [6.07, 6.45) is 9.18. The molecule has 1 spiro atoms. The molecule has 1 heterocycles. The summed E-state index contributed by atoms with van der Waals surface area (Å²) in [7, 11) is 0. The molecule has 1 saturated heterocycles. The summed E-state index contributed by atoms with van der Waals surface area (Å²) in [5.41, 5.74) is -1.95. The number of hydrogen-bond acceptors (Lipinski definition) is 4. The largest absolute Gasteiger partial charge is 0.389 e. The van der Waals surface area contributed by atoms with E-state index in [2.05, 4.69) is 26.5 Å². The maximum Gasteiger partial charge on any atom is 0.184 e. The van der Waals surface area contributed by atoms with Gasteiger partial charge in [-0.3, -0.25) is 4.79 Å². The molecular weight excluding hydrogens is 350 g/mol. The van der Waals surface area contributed by atoms with Gasteiger partial charge in [0.25, 0.3) is 0 Å². The number of Topliss-reactive ketones (excluding diaryl/α,β-unsaturated/α-hetero) is 1. The summed E-state index contributed by atoms with van der Waals surface area (Å²) in [5, 5.41) is 21.1. The topological polar surface area (TPSA) is 73.6 Å². The Morgan fingerprint density at radius 3 is 2.54 bits per heavy atom. The van der Waals surface area contributed by atoms with Crippen molar-refractivity contribution in [1.82, 2.24) is 0 Å². The normalized spacial score (nSPS) is 59.3.